The molecule has 1 N–H and O–H groups in total. The zero-order valence-corrected chi connectivity index (χ0v) is 15.5. The van der Waals surface area contributed by atoms with E-state index in [0.717, 1.165) is 26.9 Å². The number of hydrogen-bond donors (Lipinski definition) is 1. The Bertz CT molecular complexity index is 938. The number of nitrogens with one attached hydrogen (secondary N) is 1. The van der Waals surface area contributed by atoms with Crippen molar-refractivity contribution in [2.75, 3.05) is 0 Å². The highest BCUT2D eigenvalue weighted by molar-refractivity contribution is 7.16. The fourth-order valence-electron chi connectivity index (χ4n) is 3.40. The molecule has 1 aliphatic rings. The maximum atomic E-state index is 11.1. The lowest BCUT2D eigenvalue weighted by Gasteiger charge is -2.18. The summed E-state index contributed by atoms with van der Waals surface area (Å²) in [6.45, 7) is 1.44. The standard InChI is InChI=1S/C19H21N5OS/c1-13(25)22-20-12-16-17(14-8-4-2-5-9-14)21-19-24(16)23-18(26-19)15-10-6-3-7-11-15/h2,4-5,8-9,12,15H,3,6-7,10-11H2,1H3,(H,22,25)/b20-12-. The third-order valence-corrected chi connectivity index (χ3v) is 5.74. The molecule has 1 aromatic carbocycles. The molecule has 0 spiro atoms. The number of hydrazone groups is 1. The number of carbonyl (C=O) groups excluding carboxylic acids is 1. The molecule has 0 radical (unpaired) electrons. The number of hydrogen-bond acceptors (Lipinski definition) is 5. The molecule has 4 rings (SSSR count). The first-order valence-corrected chi connectivity index (χ1v) is 9.78. The molecule has 26 heavy (non-hydrogen) atoms. The van der Waals surface area contributed by atoms with Crippen LogP contribution in [0.2, 0.25) is 0 Å². The summed E-state index contributed by atoms with van der Waals surface area (Å²) in [6.07, 6.45) is 7.92. The Kier molecular flexibility index (Phi) is 4.79. The van der Waals surface area contributed by atoms with E-state index < -0.39 is 0 Å². The van der Waals surface area contributed by atoms with Gasteiger partial charge in [0.05, 0.1) is 6.21 Å². The predicted molar refractivity (Wildman–Crippen MR) is 104 cm³/mol. The highest BCUT2D eigenvalue weighted by atomic mass is 32.1. The minimum absolute atomic E-state index is 0.204. The lowest BCUT2D eigenvalue weighted by Crippen LogP contribution is -2.13. The van der Waals surface area contributed by atoms with Gasteiger partial charge in [-0.15, -0.1) is 0 Å². The van der Waals surface area contributed by atoms with Crippen molar-refractivity contribution in [2.45, 2.75) is 44.9 Å². The van der Waals surface area contributed by atoms with Gasteiger partial charge in [-0.1, -0.05) is 60.9 Å². The molecule has 0 saturated heterocycles. The van der Waals surface area contributed by atoms with E-state index in [9.17, 15) is 4.79 Å². The summed E-state index contributed by atoms with van der Waals surface area (Å²) in [4.78, 5) is 16.8. The second-order valence-electron chi connectivity index (χ2n) is 6.61. The molecule has 134 valence electrons. The number of imidazole rings is 1. The molecule has 0 unspecified atom stereocenters. The summed E-state index contributed by atoms with van der Waals surface area (Å²) in [5.41, 5.74) is 5.09. The molecule has 0 bridgehead atoms. The van der Waals surface area contributed by atoms with Crippen LogP contribution in [0.5, 0.6) is 0 Å². The molecule has 7 heteroatoms. The van der Waals surface area contributed by atoms with Crippen LogP contribution in [0.25, 0.3) is 16.2 Å². The van der Waals surface area contributed by atoms with Gasteiger partial charge in [-0.25, -0.2) is 14.9 Å². The average molecular weight is 367 g/mol. The topological polar surface area (TPSA) is 71.7 Å². The predicted octanol–water partition coefficient (Wildman–Crippen LogP) is 3.98. The van der Waals surface area contributed by atoms with Crippen molar-refractivity contribution in [3.05, 3.63) is 41.0 Å². The Balaban J connectivity index is 1.76. The molecule has 6 nitrogen and oxygen atoms in total. The van der Waals surface area contributed by atoms with Crippen LogP contribution in [0, 0.1) is 0 Å². The Morgan fingerprint density at radius 2 is 2.04 bits per heavy atom. The van der Waals surface area contributed by atoms with Gasteiger partial charge >= 0.3 is 0 Å². The number of benzene rings is 1. The lowest BCUT2D eigenvalue weighted by atomic mass is 9.90. The Hall–Kier alpha value is -2.54. The smallest absolute Gasteiger partial charge is 0.236 e. The normalized spacial score (nSPS) is 15.7. The van der Waals surface area contributed by atoms with Crippen molar-refractivity contribution >= 4 is 28.4 Å². The van der Waals surface area contributed by atoms with Gasteiger partial charge in [-0.2, -0.15) is 10.2 Å². The molecular formula is C19H21N5OS. The minimum atomic E-state index is -0.204. The van der Waals surface area contributed by atoms with Crippen molar-refractivity contribution in [3.8, 4) is 11.3 Å². The quantitative estimate of drug-likeness (QED) is 0.560. The van der Waals surface area contributed by atoms with Crippen LogP contribution < -0.4 is 5.43 Å². The fraction of sp³-hybridized carbons (Fsp3) is 0.368. The van der Waals surface area contributed by atoms with Crippen LogP contribution in [0.15, 0.2) is 35.4 Å². The van der Waals surface area contributed by atoms with Gasteiger partial charge in [0, 0.05) is 18.4 Å². The number of amides is 1. The monoisotopic (exact) mass is 367 g/mol. The number of fused-ring (bicyclic) bond motifs is 1. The maximum absolute atomic E-state index is 11.1. The van der Waals surface area contributed by atoms with Crippen LogP contribution >= 0.6 is 11.3 Å². The fourth-order valence-corrected chi connectivity index (χ4v) is 4.48. The average Bonchev–Trinajstić information content (AvgIpc) is 3.22. The van der Waals surface area contributed by atoms with Crippen molar-refractivity contribution in [1.82, 2.24) is 20.0 Å². The number of aromatic nitrogens is 3. The molecule has 1 saturated carbocycles. The van der Waals surface area contributed by atoms with Gasteiger partial charge in [0.25, 0.3) is 0 Å². The molecule has 0 atom stereocenters. The first-order valence-electron chi connectivity index (χ1n) is 8.97. The van der Waals surface area contributed by atoms with Gasteiger partial charge in [-0.05, 0) is 12.8 Å². The molecule has 3 aromatic rings. The molecule has 2 heterocycles. The second-order valence-corrected chi connectivity index (χ2v) is 7.60. The van der Waals surface area contributed by atoms with Crippen molar-refractivity contribution in [2.24, 2.45) is 5.10 Å². The minimum Gasteiger partial charge on any atom is -0.274 e. The van der Waals surface area contributed by atoms with Gasteiger partial charge in [0.1, 0.15) is 16.4 Å². The second kappa shape index (κ2) is 7.37. The van der Waals surface area contributed by atoms with Crippen LogP contribution in [0.1, 0.15) is 55.6 Å². The SMILES string of the molecule is CC(=O)N/N=C\c1c(-c2ccccc2)nc2sc(C3CCCCC3)nn12. The van der Waals surface area contributed by atoms with Crippen molar-refractivity contribution in [1.29, 1.82) is 0 Å². The highest BCUT2D eigenvalue weighted by Crippen LogP contribution is 2.36. The summed E-state index contributed by atoms with van der Waals surface area (Å²) < 4.78 is 1.86. The van der Waals surface area contributed by atoms with E-state index in [1.807, 2.05) is 34.8 Å². The van der Waals surface area contributed by atoms with Crippen LogP contribution in [0.4, 0.5) is 0 Å². The van der Waals surface area contributed by atoms with E-state index in [4.69, 9.17) is 10.1 Å². The summed E-state index contributed by atoms with van der Waals surface area (Å²) in [6, 6.07) is 9.98. The van der Waals surface area contributed by atoms with E-state index >= 15 is 0 Å². The number of carbonyl (C=O) groups is 1. The van der Waals surface area contributed by atoms with Gasteiger partial charge in [-0.3, -0.25) is 4.79 Å². The zero-order valence-electron chi connectivity index (χ0n) is 14.7. The maximum Gasteiger partial charge on any atom is 0.236 e. The van der Waals surface area contributed by atoms with Crippen LogP contribution in [-0.2, 0) is 4.79 Å². The van der Waals surface area contributed by atoms with E-state index in [0.29, 0.717) is 5.92 Å². The molecule has 1 aliphatic carbocycles. The molecular weight excluding hydrogens is 346 g/mol. The first kappa shape index (κ1) is 16.9. The summed E-state index contributed by atoms with van der Waals surface area (Å²) in [5.74, 6) is 0.334. The largest absolute Gasteiger partial charge is 0.274 e. The Labute approximate surface area is 156 Å². The van der Waals surface area contributed by atoms with Crippen molar-refractivity contribution < 1.29 is 4.79 Å². The van der Waals surface area contributed by atoms with Gasteiger partial charge in [0.15, 0.2) is 0 Å². The third kappa shape index (κ3) is 3.39. The lowest BCUT2D eigenvalue weighted by molar-refractivity contribution is -0.118. The molecule has 0 aliphatic heterocycles. The van der Waals surface area contributed by atoms with E-state index in [2.05, 4.69) is 10.5 Å². The zero-order chi connectivity index (χ0) is 17.9. The molecule has 1 amide bonds. The highest BCUT2D eigenvalue weighted by Gasteiger charge is 2.22. The Morgan fingerprint density at radius 1 is 1.27 bits per heavy atom. The van der Waals surface area contributed by atoms with E-state index in [-0.39, 0.29) is 5.91 Å². The third-order valence-electron chi connectivity index (χ3n) is 4.66. The first-order chi connectivity index (χ1) is 12.7. The van der Waals surface area contributed by atoms with Crippen LogP contribution in [-0.4, -0.2) is 26.7 Å². The van der Waals surface area contributed by atoms with Crippen molar-refractivity contribution in [3.63, 3.8) is 0 Å². The molecule has 2 aromatic heterocycles. The number of rotatable bonds is 4. The summed E-state index contributed by atoms with van der Waals surface area (Å²) >= 11 is 1.66. The van der Waals surface area contributed by atoms with E-state index in [1.165, 1.54) is 39.0 Å². The van der Waals surface area contributed by atoms with E-state index in [1.54, 1.807) is 17.6 Å². The van der Waals surface area contributed by atoms with Gasteiger partial charge in [0.2, 0.25) is 10.9 Å². The van der Waals surface area contributed by atoms with Crippen LogP contribution in [0.3, 0.4) is 0 Å². The molecule has 1 fully saturated rings. The summed E-state index contributed by atoms with van der Waals surface area (Å²) in [5, 5.41) is 10.1. The van der Waals surface area contributed by atoms with Gasteiger partial charge < -0.3 is 0 Å². The summed E-state index contributed by atoms with van der Waals surface area (Å²) in [7, 11) is 0. The number of nitrogens with zero attached hydrogens (tertiary/aromatic N) is 4. The Morgan fingerprint density at radius 3 is 2.77 bits per heavy atom.